The monoisotopic (exact) mass is 321 g/mol. The van der Waals surface area contributed by atoms with Crippen LogP contribution in [0.2, 0.25) is 0 Å². The minimum absolute atomic E-state index is 0.775. The minimum Gasteiger partial charge on any atom is -0.258 e. The van der Waals surface area contributed by atoms with Gasteiger partial charge < -0.3 is 0 Å². The number of benzene rings is 2. The van der Waals surface area contributed by atoms with Crippen molar-refractivity contribution in [3.05, 3.63) is 71.8 Å². The average molecular weight is 321 g/mol. The lowest BCUT2D eigenvalue weighted by Gasteiger charge is -1.98. The molecule has 0 aliphatic heterocycles. The second kappa shape index (κ2) is 7.79. The van der Waals surface area contributed by atoms with Gasteiger partial charge in [-0.1, -0.05) is 85.4 Å². The molecule has 0 fully saturated rings. The summed E-state index contributed by atoms with van der Waals surface area (Å²) < 4.78 is 0. The van der Waals surface area contributed by atoms with Crippen LogP contribution in [0.1, 0.15) is 18.1 Å². The molecule has 0 spiro atoms. The summed E-state index contributed by atoms with van der Waals surface area (Å²) in [5.41, 5.74) is 3.61. The summed E-state index contributed by atoms with van der Waals surface area (Å²) in [6.45, 7) is 2.15. The summed E-state index contributed by atoms with van der Waals surface area (Å²) in [5, 5.41) is 8.06. The fourth-order valence-corrected chi connectivity index (χ4v) is 2.82. The Balaban J connectivity index is 1.57. The van der Waals surface area contributed by atoms with E-state index in [4.69, 9.17) is 0 Å². The van der Waals surface area contributed by atoms with Gasteiger partial charge >= 0.3 is 0 Å². The summed E-state index contributed by atoms with van der Waals surface area (Å²) in [6.07, 6.45) is 5.29. The van der Waals surface area contributed by atoms with Crippen LogP contribution >= 0.6 is 11.8 Å². The molecule has 23 heavy (non-hydrogen) atoms. The average Bonchev–Trinajstić information content (AvgIpc) is 3.09. The van der Waals surface area contributed by atoms with Crippen LogP contribution in [-0.4, -0.2) is 20.9 Å². The minimum atomic E-state index is 0.775. The lowest BCUT2D eigenvalue weighted by molar-refractivity contribution is 0.975. The van der Waals surface area contributed by atoms with E-state index in [1.165, 1.54) is 11.1 Å². The highest BCUT2D eigenvalue weighted by atomic mass is 32.2. The lowest BCUT2D eigenvalue weighted by atomic mass is 10.1. The molecule has 0 atom stereocenters. The number of thioether (sulfide) groups is 1. The molecule has 0 aliphatic rings. The predicted molar refractivity (Wildman–Crippen MR) is 97.4 cm³/mol. The van der Waals surface area contributed by atoms with Crippen molar-refractivity contribution in [3.63, 3.8) is 0 Å². The van der Waals surface area contributed by atoms with Crippen LogP contribution < -0.4 is 0 Å². The predicted octanol–water partition coefficient (Wildman–Crippen LogP) is 4.84. The van der Waals surface area contributed by atoms with E-state index in [1.54, 1.807) is 11.8 Å². The molecular weight excluding hydrogens is 302 g/mol. The molecule has 1 heterocycles. The molecule has 2 aromatic carbocycles. The van der Waals surface area contributed by atoms with Gasteiger partial charge in [-0.05, 0) is 17.5 Å². The number of nitrogens with zero attached hydrogens (tertiary/aromatic N) is 2. The van der Waals surface area contributed by atoms with Crippen LogP contribution in [0.25, 0.3) is 17.5 Å². The molecule has 0 amide bonds. The van der Waals surface area contributed by atoms with E-state index in [0.29, 0.717) is 0 Å². The number of aromatic amines is 1. The topological polar surface area (TPSA) is 41.6 Å². The van der Waals surface area contributed by atoms with Gasteiger partial charge in [0.05, 0.1) is 0 Å². The third-order valence-electron chi connectivity index (χ3n) is 3.52. The highest BCUT2D eigenvalue weighted by molar-refractivity contribution is 7.99. The Labute approximate surface area is 140 Å². The van der Waals surface area contributed by atoms with Crippen molar-refractivity contribution in [1.29, 1.82) is 0 Å². The first kappa shape index (κ1) is 15.6. The van der Waals surface area contributed by atoms with Crippen molar-refractivity contribution in [2.24, 2.45) is 0 Å². The Kier molecular flexibility index (Phi) is 5.27. The van der Waals surface area contributed by atoms with E-state index >= 15 is 0 Å². The van der Waals surface area contributed by atoms with Gasteiger partial charge in [0.1, 0.15) is 0 Å². The number of aromatic nitrogens is 3. The van der Waals surface area contributed by atoms with Crippen molar-refractivity contribution < 1.29 is 0 Å². The first-order valence-corrected chi connectivity index (χ1v) is 8.70. The maximum absolute atomic E-state index is 4.54. The highest BCUT2D eigenvalue weighted by Gasteiger charge is 2.05. The first-order valence-electron chi connectivity index (χ1n) is 7.71. The summed E-state index contributed by atoms with van der Waals surface area (Å²) in [5.74, 6) is 1.67. The van der Waals surface area contributed by atoms with Crippen LogP contribution in [0.15, 0.2) is 65.8 Å². The largest absolute Gasteiger partial charge is 0.258 e. The van der Waals surface area contributed by atoms with Crippen LogP contribution in [0.3, 0.4) is 0 Å². The number of hydrogen-bond donors (Lipinski definition) is 1. The maximum atomic E-state index is 4.54. The van der Waals surface area contributed by atoms with Crippen LogP contribution in [0, 0.1) is 0 Å². The normalized spacial score (nSPS) is 11.2. The first-order chi connectivity index (χ1) is 11.3. The second-order valence-corrected chi connectivity index (χ2v) is 6.13. The fraction of sp³-hybridized carbons (Fsp3) is 0.158. The number of aryl methyl sites for hydroxylation is 1. The maximum Gasteiger partial charge on any atom is 0.209 e. The van der Waals surface area contributed by atoms with Gasteiger partial charge in [0.25, 0.3) is 0 Å². The smallest absolute Gasteiger partial charge is 0.209 e. The Hall–Kier alpha value is -2.33. The Morgan fingerprint density at radius 3 is 2.57 bits per heavy atom. The molecule has 1 N–H and O–H groups in total. The molecule has 3 rings (SSSR count). The van der Waals surface area contributed by atoms with E-state index in [2.05, 4.69) is 70.7 Å². The van der Waals surface area contributed by atoms with E-state index in [9.17, 15) is 0 Å². The van der Waals surface area contributed by atoms with Gasteiger partial charge in [0, 0.05) is 11.3 Å². The zero-order chi connectivity index (χ0) is 15.9. The Morgan fingerprint density at radius 2 is 1.83 bits per heavy atom. The molecule has 116 valence electrons. The lowest BCUT2D eigenvalue weighted by Crippen LogP contribution is -1.83. The zero-order valence-corrected chi connectivity index (χ0v) is 13.9. The molecule has 0 unspecified atom stereocenters. The SMILES string of the molecule is CCc1ccc(-c2nc(SC/C=C/c3ccccc3)n[nH]2)cc1. The van der Waals surface area contributed by atoms with Gasteiger partial charge in [-0.2, -0.15) is 0 Å². The molecule has 3 nitrogen and oxygen atoms in total. The van der Waals surface area contributed by atoms with Crippen molar-refractivity contribution in [2.75, 3.05) is 5.75 Å². The third-order valence-corrected chi connectivity index (χ3v) is 4.32. The quantitative estimate of drug-likeness (QED) is 0.661. The van der Waals surface area contributed by atoms with Crippen molar-refractivity contribution in [2.45, 2.75) is 18.5 Å². The van der Waals surface area contributed by atoms with E-state index in [-0.39, 0.29) is 0 Å². The summed E-state index contributed by atoms with van der Waals surface area (Å²) in [4.78, 5) is 4.54. The van der Waals surface area contributed by atoms with Crippen molar-refractivity contribution in [1.82, 2.24) is 15.2 Å². The van der Waals surface area contributed by atoms with Gasteiger partial charge in [0.15, 0.2) is 5.82 Å². The molecule has 0 saturated heterocycles. The van der Waals surface area contributed by atoms with Gasteiger partial charge in [-0.25, -0.2) is 4.98 Å². The summed E-state index contributed by atoms with van der Waals surface area (Å²) in [6, 6.07) is 18.7. The van der Waals surface area contributed by atoms with E-state index in [1.807, 2.05) is 18.2 Å². The number of rotatable bonds is 6. The summed E-state index contributed by atoms with van der Waals surface area (Å²) in [7, 11) is 0. The van der Waals surface area contributed by atoms with Crippen LogP contribution in [0.5, 0.6) is 0 Å². The van der Waals surface area contributed by atoms with Crippen molar-refractivity contribution in [3.8, 4) is 11.4 Å². The summed E-state index contributed by atoms with van der Waals surface area (Å²) >= 11 is 1.62. The zero-order valence-electron chi connectivity index (χ0n) is 13.1. The molecule has 1 aromatic heterocycles. The Bertz CT molecular complexity index is 761. The third kappa shape index (κ3) is 4.33. The number of nitrogens with one attached hydrogen (secondary N) is 1. The molecule has 0 bridgehead atoms. The van der Waals surface area contributed by atoms with Gasteiger partial charge in [0.2, 0.25) is 5.16 Å². The Morgan fingerprint density at radius 1 is 1.04 bits per heavy atom. The second-order valence-electron chi connectivity index (χ2n) is 5.14. The van der Waals surface area contributed by atoms with Crippen molar-refractivity contribution >= 4 is 17.8 Å². The highest BCUT2D eigenvalue weighted by Crippen LogP contribution is 2.20. The standard InChI is InChI=1S/C19H19N3S/c1-2-15-10-12-17(13-11-15)18-20-19(22-21-18)23-14-6-9-16-7-4-3-5-8-16/h3-13H,2,14H2,1H3,(H,20,21,22)/b9-6+. The number of hydrogen-bond acceptors (Lipinski definition) is 3. The molecule has 4 heteroatoms. The fourth-order valence-electron chi connectivity index (χ4n) is 2.21. The van der Waals surface area contributed by atoms with E-state index in [0.717, 1.165) is 28.7 Å². The number of H-pyrrole nitrogens is 1. The van der Waals surface area contributed by atoms with Gasteiger partial charge in [-0.3, -0.25) is 5.10 Å². The molecule has 0 aliphatic carbocycles. The molecule has 0 saturated carbocycles. The van der Waals surface area contributed by atoms with E-state index < -0.39 is 0 Å². The van der Waals surface area contributed by atoms with Gasteiger partial charge in [-0.15, -0.1) is 5.10 Å². The van der Waals surface area contributed by atoms with Crippen LogP contribution in [0.4, 0.5) is 0 Å². The molecule has 0 radical (unpaired) electrons. The molecule has 3 aromatic rings. The molecular formula is C19H19N3S. The van der Waals surface area contributed by atoms with Crippen LogP contribution in [-0.2, 0) is 6.42 Å².